The molecule has 70 valence electrons. The quantitative estimate of drug-likeness (QED) is 0.648. The highest BCUT2D eigenvalue weighted by Gasteiger charge is 1.90. The molecule has 0 aromatic carbocycles. The zero-order chi connectivity index (χ0) is 9.28. The van der Waals surface area contributed by atoms with Crippen molar-refractivity contribution < 1.29 is 14.9 Å². The van der Waals surface area contributed by atoms with Gasteiger partial charge >= 0.3 is 0 Å². The van der Waals surface area contributed by atoms with E-state index >= 15 is 0 Å². The molecule has 11 heavy (non-hydrogen) atoms. The summed E-state index contributed by atoms with van der Waals surface area (Å²) < 4.78 is 4.84. The molecule has 0 aliphatic heterocycles. The predicted molar refractivity (Wildman–Crippen MR) is 45.5 cm³/mol. The molecule has 0 aliphatic rings. The normalized spacial score (nSPS) is 12.3. The van der Waals surface area contributed by atoms with E-state index in [9.17, 15) is 0 Å². The average molecular weight is 164 g/mol. The molecule has 0 amide bonds. The number of ether oxygens (including phenoxy) is 1. The fourth-order valence-corrected chi connectivity index (χ4v) is 0.288. The monoisotopic (exact) mass is 164 g/mol. The minimum atomic E-state index is -0.319. The van der Waals surface area contributed by atoms with E-state index in [-0.39, 0.29) is 12.2 Å². The Labute approximate surface area is 69.0 Å². The second-order valence-corrected chi connectivity index (χ2v) is 2.60. The highest BCUT2D eigenvalue weighted by Crippen LogP contribution is 1.79. The van der Waals surface area contributed by atoms with Crippen LogP contribution in [0.15, 0.2) is 0 Å². The lowest BCUT2D eigenvalue weighted by Gasteiger charge is -2.00. The summed E-state index contributed by atoms with van der Waals surface area (Å²) in [5.74, 6) is 0. The molecule has 0 saturated carbocycles. The molecule has 2 N–H and O–H groups in total. The highest BCUT2D eigenvalue weighted by atomic mass is 16.5. The van der Waals surface area contributed by atoms with Crippen LogP contribution in [0.1, 0.15) is 27.7 Å². The van der Waals surface area contributed by atoms with Gasteiger partial charge in [0, 0.05) is 12.7 Å². The van der Waals surface area contributed by atoms with Crippen molar-refractivity contribution in [1.82, 2.24) is 0 Å². The van der Waals surface area contributed by atoms with Gasteiger partial charge in [-0.25, -0.2) is 0 Å². The predicted octanol–water partition coefficient (Wildman–Crippen LogP) is 0.791. The minimum Gasteiger partial charge on any atom is -0.394 e. The summed E-state index contributed by atoms with van der Waals surface area (Å²) in [4.78, 5) is 0. The first-order valence-electron chi connectivity index (χ1n) is 3.94. The smallest absolute Gasteiger partial charge is 0.0745 e. The lowest BCUT2D eigenvalue weighted by Crippen LogP contribution is -2.09. The van der Waals surface area contributed by atoms with E-state index in [1.165, 1.54) is 0 Å². The van der Waals surface area contributed by atoms with Gasteiger partial charge in [0.05, 0.1) is 12.7 Å². The van der Waals surface area contributed by atoms with Crippen LogP contribution in [0.25, 0.3) is 0 Å². The van der Waals surface area contributed by atoms with Crippen LogP contribution < -0.4 is 0 Å². The highest BCUT2D eigenvalue weighted by molar-refractivity contribution is 4.38. The van der Waals surface area contributed by atoms with E-state index in [0.717, 1.165) is 0 Å². The van der Waals surface area contributed by atoms with Gasteiger partial charge in [0.25, 0.3) is 0 Å². The fourth-order valence-electron chi connectivity index (χ4n) is 0.288. The van der Waals surface area contributed by atoms with Crippen LogP contribution in [-0.4, -0.2) is 35.6 Å². The maximum absolute atomic E-state index is 8.56. The van der Waals surface area contributed by atoms with Gasteiger partial charge in [-0.05, 0) is 27.7 Å². The van der Waals surface area contributed by atoms with Gasteiger partial charge in [0.15, 0.2) is 0 Å². The van der Waals surface area contributed by atoms with Gasteiger partial charge < -0.3 is 14.9 Å². The number of hydrogen-bond donors (Lipinski definition) is 2. The van der Waals surface area contributed by atoms with Crippen molar-refractivity contribution in [1.29, 1.82) is 0 Å². The van der Waals surface area contributed by atoms with Crippen LogP contribution in [0.3, 0.4) is 0 Å². The van der Waals surface area contributed by atoms with Gasteiger partial charge in [-0.2, -0.15) is 0 Å². The summed E-state index contributed by atoms with van der Waals surface area (Å²) >= 11 is 0. The van der Waals surface area contributed by atoms with Crippen molar-refractivity contribution in [2.24, 2.45) is 0 Å². The molecular formula is C8H20O3. The Hall–Kier alpha value is -0.120. The molecule has 1 atom stereocenters. The van der Waals surface area contributed by atoms with Crippen molar-refractivity contribution in [3.63, 3.8) is 0 Å². The molecule has 1 unspecified atom stereocenters. The van der Waals surface area contributed by atoms with Crippen LogP contribution in [0.2, 0.25) is 0 Å². The zero-order valence-corrected chi connectivity index (χ0v) is 7.87. The summed E-state index contributed by atoms with van der Waals surface area (Å²) in [7, 11) is 0. The lowest BCUT2D eigenvalue weighted by atomic mass is 10.4. The maximum Gasteiger partial charge on any atom is 0.0745 e. The Morgan fingerprint density at radius 3 is 1.64 bits per heavy atom. The first kappa shape index (κ1) is 13.5. The Morgan fingerprint density at radius 1 is 1.18 bits per heavy atom. The first-order valence-corrected chi connectivity index (χ1v) is 3.94. The van der Waals surface area contributed by atoms with Gasteiger partial charge in [0.1, 0.15) is 0 Å². The Kier molecular flexibility index (Phi) is 12.1. The van der Waals surface area contributed by atoms with E-state index in [2.05, 4.69) is 0 Å². The number of rotatable bonds is 3. The summed E-state index contributed by atoms with van der Waals surface area (Å²) in [6, 6.07) is 0. The molecular weight excluding hydrogens is 144 g/mol. The summed E-state index contributed by atoms with van der Waals surface area (Å²) in [5.41, 5.74) is 0. The molecule has 3 nitrogen and oxygen atoms in total. The second-order valence-electron chi connectivity index (χ2n) is 2.60. The van der Waals surface area contributed by atoms with Gasteiger partial charge in [-0.3, -0.25) is 0 Å². The molecule has 0 aliphatic carbocycles. The van der Waals surface area contributed by atoms with E-state index < -0.39 is 0 Å². The van der Waals surface area contributed by atoms with Crippen molar-refractivity contribution in [3.05, 3.63) is 0 Å². The Bertz CT molecular complexity index is 59.6. The van der Waals surface area contributed by atoms with Crippen LogP contribution in [0, 0.1) is 0 Å². The van der Waals surface area contributed by atoms with Gasteiger partial charge in [-0.15, -0.1) is 0 Å². The van der Waals surface area contributed by atoms with E-state index in [1.54, 1.807) is 20.8 Å². The molecule has 0 heterocycles. The fraction of sp³-hybridized carbons (Fsp3) is 1.00. The van der Waals surface area contributed by atoms with Gasteiger partial charge in [-0.1, -0.05) is 0 Å². The SMILES string of the molecule is CC(C)O.CCOCC(C)O. The minimum absolute atomic E-state index is 0.167. The van der Waals surface area contributed by atoms with Crippen LogP contribution >= 0.6 is 0 Å². The first-order chi connectivity index (χ1) is 5.00. The molecule has 0 aromatic heterocycles. The number of aliphatic hydroxyl groups is 2. The third-order valence-corrected chi connectivity index (χ3v) is 0.563. The van der Waals surface area contributed by atoms with Crippen molar-refractivity contribution in [2.75, 3.05) is 13.2 Å². The largest absolute Gasteiger partial charge is 0.394 e. The van der Waals surface area contributed by atoms with Gasteiger partial charge in [0.2, 0.25) is 0 Å². The Balaban J connectivity index is 0. The molecule has 0 bridgehead atoms. The third kappa shape index (κ3) is 40.8. The molecule has 0 aromatic rings. The maximum atomic E-state index is 8.56. The Morgan fingerprint density at radius 2 is 1.55 bits per heavy atom. The van der Waals surface area contributed by atoms with Crippen molar-refractivity contribution >= 4 is 0 Å². The molecule has 0 spiro atoms. The van der Waals surface area contributed by atoms with Crippen molar-refractivity contribution in [3.8, 4) is 0 Å². The molecule has 0 fully saturated rings. The second kappa shape index (κ2) is 9.88. The zero-order valence-electron chi connectivity index (χ0n) is 7.87. The standard InChI is InChI=1S/C5H12O2.C3H8O/c1-3-7-4-5(2)6;1-3(2)4/h5-6H,3-4H2,1-2H3;3-4H,1-2H3. The number of aliphatic hydroxyl groups excluding tert-OH is 2. The third-order valence-electron chi connectivity index (χ3n) is 0.563. The van der Waals surface area contributed by atoms with E-state index in [0.29, 0.717) is 13.2 Å². The van der Waals surface area contributed by atoms with Crippen LogP contribution in [0.5, 0.6) is 0 Å². The molecule has 0 rings (SSSR count). The van der Waals surface area contributed by atoms with Crippen LogP contribution in [-0.2, 0) is 4.74 Å². The number of hydrogen-bond acceptors (Lipinski definition) is 3. The summed E-state index contributed by atoms with van der Waals surface area (Å²) in [6.45, 7) is 8.19. The van der Waals surface area contributed by atoms with E-state index in [1.807, 2.05) is 6.92 Å². The topological polar surface area (TPSA) is 49.7 Å². The lowest BCUT2D eigenvalue weighted by molar-refractivity contribution is 0.0527. The summed E-state index contributed by atoms with van der Waals surface area (Å²) in [6.07, 6.45) is -0.486. The van der Waals surface area contributed by atoms with Crippen LogP contribution in [0.4, 0.5) is 0 Å². The summed E-state index contributed by atoms with van der Waals surface area (Å²) in [5, 5.41) is 16.6. The van der Waals surface area contributed by atoms with Crippen molar-refractivity contribution in [2.45, 2.75) is 39.9 Å². The molecule has 0 saturated heterocycles. The van der Waals surface area contributed by atoms with E-state index in [4.69, 9.17) is 14.9 Å². The average Bonchev–Trinajstić information content (AvgIpc) is 1.82. The molecule has 0 radical (unpaired) electrons. The molecule has 3 heteroatoms.